The molecule has 0 rings (SSSR count). The van der Waals surface area contributed by atoms with Crippen LogP contribution in [0.1, 0.15) is 156 Å². The van der Waals surface area contributed by atoms with Crippen molar-refractivity contribution < 1.29 is 20.1 Å². The molecule has 0 heterocycles. The summed E-state index contributed by atoms with van der Waals surface area (Å²) in [5.41, 5.74) is 0. The van der Waals surface area contributed by atoms with Crippen LogP contribution in [0.3, 0.4) is 0 Å². The van der Waals surface area contributed by atoms with Gasteiger partial charge in [0.05, 0.1) is 6.26 Å². The monoisotopic (exact) mass is 510 g/mol. The molecule has 0 fully saturated rings. The number of hydrogen-bond acceptors (Lipinski definition) is 3. The number of carboxylic acid groups (broad SMARTS) is 1. The lowest BCUT2D eigenvalue weighted by Crippen LogP contribution is -1.83. The highest BCUT2D eigenvalue weighted by Crippen LogP contribution is 2.12. The van der Waals surface area contributed by atoms with Crippen LogP contribution in [0.4, 0.5) is 0 Å². The maximum Gasteiger partial charge on any atom is 0.300 e. The standard InChI is InChI=1S/C18H34O.C12H24O.C2H4O2/c1-2-3-4-5-6-7-8-9-10-11-12-13-14-15-16-17-18-19;1-2-3-4-5-6-7-8-9-10-11-12-13;1-2(3)4/h15-19H,2-14H2,1H3;4-5,13H,2-3,6-12H2,1H3;1H3,(H,3,4)/b16-15-,18-17-;5-4+;. The second kappa shape index (κ2) is 40.6. The Morgan fingerprint density at radius 3 is 1.36 bits per heavy atom. The average Bonchev–Trinajstić information content (AvgIpc) is 2.85. The fourth-order valence-corrected chi connectivity index (χ4v) is 3.63. The Morgan fingerprint density at radius 1 is 0.556 bits per heavy atom. The molecule has 0 bridgehead atoms. The zero-order valence-electron chi connectivity index (χ0n) is 24.3. The first kappa shape index (κ1) is 39.0. The van der Waals surface area contributed by atoms with E-state index in [1.54, 1.807) is 6.08 Å². The van der Waals surface area contributed by atoms with Crippen molar-refractivity contribution in [3.8, 4) is 0 Å². The number of carbonyl (C=O) groups is 1. The van der Waals surface area contributed by atoms with E-state index in [9.17, 15) is 0 Å². The molecule has 3 N–H and O–H groups in total. The summed E-state index contributed by atoms with van der Waals surface area (Å²) >= 11 is 0. The molecule has 0 spiro atoms. The summed E-state index contributed by atoms with van der Waals surface area (Å²) in [5, 5.41) is 24.4. The van der Waals surface area contributed by atoms with Gasteiger partial charge in [0.25, 0.3) is 5.97 Å². The fraction of sp³-hybridized carbons (Fsp3) is 0.781. The number of unbranched alkanes of at least 4 members (excludes halogenated alkanes) is 18. The summed E-state index contributed by atoms with van der Waals surface area (Å²) in [6.45, 7) is 5.93. The van der Waals surface area contributed by atoms with Crippen LogP contribution in [0, 0.1) is 0 Å². The van der Waals surface area contributed by atoms with Gasteiger partial charge in [-0.05, 0) is 44.6 Å². The highest BCUT2D eigenvalue weighted by molar-refractivity contribution is 5.62. The molecule has 0 amide bonds. The molecular formula is C32H62O4. The number of hydrogen-bond donors (Lipinski definition) is 3. The van der Waals surface area contributed by atoms with Crippen molar-refractivity contribution in [2.75, 3.05) is 6.61 Å². The van der Waals surface area contributed by atoms with Gasteiger partial charge >= 0.3 is 0 Å². The van der Waals surface area contributed by atoms with Gasteiger partial charge in [-0.15, -0.1) is 0 Å². The summed E-state index contributed by atoms with van der Waals surface area (Å²) in [5.74, 6) is -0.833. The van der Waals surface area contributed by atoms with E-state index in [2.05, 4.69) is 32.1 Å². The van der Waals surface area contributed by atoms with Crippen LogP contribution in [0.15, 0.2) is 36.6 Å². The van der Waals surface area contributed by atoms with Crippen molar-refractivity contribution in [2.24, 2.45) is 0 Å². The number of aliphatic hydroxyl groups is 2. The smallest absolute Gasteiger partial charge is 0.300 e. The van der Waals surface area contributed by atoms with Crippen LogP contribution in [-0.2, 0) is 4.79 Å². The Balaban J connectivity index is -0.000000553. The van der Waals surface area contributed by atoms with E-state index in [4.69, 9.17) is 20.1 Å². The number of aliphatic hydroxyl groups excluding tert-OH is 2. The molecule has 4 heteroatoms. The fourth-order valence-electron chi connectivity index (χ4n) is 3.63. The second-order valence-corrected chi connectivity index (χ2v) is 9.51. The van der Waals surface area contributed by atoms with Crippen molar-refractivity contribution in [1.29, 1.82) is 0 Å². The number of rotatable bonds is 23. The van der Waals surface area contributed by atoms with Crippen molar-refractivity contribution >= 4 is 5.97 Å². The van der Waals surface area contributed by atoms with E-state index in [0.29, 0.717) is 6.61 Å². The molecule has 36 heavy (non-hydrogen) atoms. The SMILES string of the molecule is CC(=O)O.CCC/C=C/CCCCCCCO.CCCCCCCCCCCCCC/C=C\C=C/O. The Kier molecular flexibility index (Phi) is 44.0. The van der Waals surface area contributed by atoms with E-state index in [1.807, 2.05) is 6.08 Å². The van der Waals surface area contributed by atoms with E-state index < -0.39 is 5.97 Å². The quantitative estimate of drug-likeness (QED) is 0.0553. The molecule has 0 aromatic carbocycles. The van der Waals surface area contributed by atoms with Gasteiger partial charge in [0.15, 0.2) is 0 Å². The van der Waals surface area contributed by atoms with Gasteiger partial charge in [-0.2, -0.15) is 0 Å². The molecule has 214 valence electrons. The van der Waals surface area contributed by atoms with Crippen molar-refractivity contribution in [3.63, 3.8) is 0 Å². The Morgan fingerprint density at radius 2 is 0.944 bits per heavy atom. The Bertz CT molecular complexity index is 465. The maximum absolute atomic E-state index is 9.00. The lowest BCUT2D eigenvalue weighted by Gasteiger charge is -2.02. The van der Waals surface area contributed by atoms with Crippen molar-refractivity contribution in [3.05, 3.63) is 36.6 Å². The minimum atomic E-state index is -0.833. The van der Waals surface area contributed by atoms with E-state index >= 15 is 0 Å². The molecular weight excluding hydrogens is 448 g/mol. The molecule has 0 radical (unpaired) electrons. The molecule has 0 aromatic rings. The van der Waals surface area contributed by atoms with E-state index in [1.165, 1.54) is 122 Å². The maximum atomic E-state index is 9.00. The van der Waals surface area contributed by atoms with Gasteiger partial charge in [0, 0.05) is 13.5 Å². The van der Waals surface area contributed by atoms with E-state index in [-0.39, 0.29) is 0 Å². The Labute approximate surface area is 225 Å². The predicted molar refractivity (Wildman–Crippen MR) is 159 cm³/mol. The third-order valence-corrected chi connectivity index (χ3v) is 5.71. The molecule has 0 aliphatic heterocycles. The molecule has 0 unspecified atom stereocenters. The highest BCUT2D eigenvalue weighted by atomic mass is 16.4. The van der Waals surface area contributed by atoms with Crippen LogP contribution < -0.4 is 0 Å². The van der Waals surface area contributed by atoms with Crippen LogP contribution in [0.2, 0.25) is 0 Å². The van der Waals surface area contributed by atoms with Crippen molar-refractivity contribution in [2.45, 2.75) is 156 Å². The molecule has 0 saturated carbocycles. The molecule has 0 aliphatic rings. The molecule has 0 aromatic heterocycles. The third kappa shape index (κ3) is 53.7. The van der Waals surface area contributed by atoms with Gasteiger partial charge in [0.1, 0.15) is 0 Å². The number of aliphatic carboxylic acids is 1. The Hall–Kier alpha value is -1.55. The molecule has 0 saturated heterocycles. The van der Waals surface area contributed by atoms with Crippen LogP contribution >= 0.6 is 0 Å². The first-order chi connectivity index (χ1) is 17.6. The minimum Gasteiger partial charge on any atom is -0.516 e. The number of carboxylic acids is 1. The zero-order valence-corrected chi connectivity index (χ0v) is 24.3. The van der Waals surface area contributed by atoms with Crippen LogP contribution in [-0.4, -0.2) is 27.9 Å². The van der Waals surface area contributed by atoms with Crippen molar-refractivity contribution in [1.82, 2.24) is 0 Å². The van der Waals surface area contributed by atoms with Gasteiger partial charge in [-0.25, -0.2) is 0 Å². The summed E-state index contributed by atoms with van der Waals surface area (Å²) in [6.07, 6.45) is 39.2. The third-order valence-electron chi connectivity index (χ3n) is 5.71. The topological polar surface area (TPSA) is 77.8 Å². The first-order valence-electron chi connectivity index (χ1n) is 15.0. The second-order valence-electron chi connectivity index (χ2n) is 9.51. The molecule has 4 nitrogen and oxygen atoms in total. The first-order valence-corrected chi connectivity index (χ1v) is 15.0. The molecule has 0 aliphatic carbocycles. The average molecular weight is 511 g/mol. The summed E-state index contributed by atoms with van der Waals surface area (Å²) in [4.78, 5) is 9.00. The van der Waals surface area contributed by atoms with Crippen LogP contribution in [0.25, 0.3) is 0 Å². The summed E-state index contributed by atoms with van der Waals surface area (Å²) in [7, 11) is 0. The van der Waals surface area contributed by atoms with Gasteiger partial charge in [0.2, 0.25) is 0 Å². The minimum absolute atomic E-state index is 0.358. The van der Waals surface area contributed by atoms with E-state index in [0.717, 1.165) is 26.0 Å². The predicted octanol–water partition coefficient (Wildman–Crippen LogP) is 10.5. The summed E-state index contributed by atoms with van der Waals surface area (Å²) in [6, 6.07) is 0. The normalized spacial score (nSPS) is 11.0. The summed E-state index contributed by atoms with van der Waals surface area (Å²) < 4.78 is 0. The lowest BCUT2D eigenvalue weighted by molar-refractivity contribution is -0.134. The zero-order chi connectivity index (χ0) is 27.4. The van der Waals surface area contributed by atoms with Crippen LogP contribution in [0.5, 0.6) is 0 Å². The van der Waals surface area contributed by atoms with Gasteiger partial charge in [-0.3, -0.25) is 4.79 Å². The largest absolute Gasteiger partial charge is 0.516 e. The van der Waals surface area contributed by atoms with Gasteiger partial charge in [-0.1, -0.05) is 134 Å². The highest BCUT2D eigenvalue weighted by Gasteiger charge is 1.93. The number of allylic oxidation sites excluding steroid dienone is 5. The molecule has 0 atom stereocenters. The lowest BCUT2D eigenvalue weighted by atomic mass is 10.0. The van der Waals surface area contributed by atoms with Gasteiger partial charge < -0.3 is 15.3 Å².